The van der Waals surface area contributed by atoms with E-state index in [1.54, 1.807) is 0 Å². The average molecular weight is 367 g/mol. The third kappa shape index (κ3) is 2.85. The zero-order valence-electron chi connectivity index (χ0n) is 15.6. The highest BCUT2D eigenvalue weighted by Gasteiger charge is 2.38. The van der Waals surface area contributed by atoms with E-state index >= 15 is 0 Å². The highest BCUT2D eigenvalue weighted by molar-refractivity contribution is 6.11. The van der Waals surface area contributed by atoms with Crippen molar-refractivity contribution in [2.75, 3.05) is 13.1 Å². The van der Waals surface area contributed by atoms with Crippen LogP contribution in [0.3, 0.4) is 0 Å². The molecule has 1 amide bonds. The first kappa shape index (κ1) is 17.0. The van der Waals surface area contributed by atoms with Crippen molar-refractivity contribution in [1.82, 2.24) is 10.2 Å². The van der Waals surface area contributed by atoms with Crippen LogP contribution >= 0.6 is 0 Å². The van der Waals surface area contributed by atoms with Gasteiger partial charge in [0.25, 0.3) is 5.91 Å². The Morgan fingerprint density at radius 1 is 1.00 bits per heavy atom. The molecule has 2 unspecified atom stereocenters. The average Bonchev–Trinajstić information content (AvgIpc) is 2.73. The standard InChI is InChI=1S/C24H21N3O/c25-12-11-16-5-7-17(8-6-16)20-9-10-23(22-4-2-1-3-21(20)22)24(28)27-14-18-13-19(15-27)26-18/h1-10,18-19,26H,11,13-15H2. The van der Waals surface area contributed by atoms with Crippen LogP contribution in [0.15, 0.2) is 60.7 Å². The summed E-state index contributed by atoms with van der Waals surface area (Å²) in [5, 5.41) is 14.4. The number of hydrogen-bond acceptors (Lipinski definition) is 3. The van der Waals surface area contributed by atoms with Crippen molar-refractivity contribution in [3.05, 3.63) is 71.8 Å². The van der Waals surface area contributed by atoms with E-state index in [1.165, 1.54) is 6.42 Å². The molecule has 0 saturated carbocycles. The number of benzene rings is 3. The summed E-state index contributed by atoms with van der Waals surface area (Å²) >= 11 is 0. The number of carbonyl (C=O) groups is 1. The maximum atomic E-state index is 13.2. The number of nitriles is 1. The SMILES string of the molecule is N#CCc1ccc(-c2ccc(C(=O)N3CC4CC(C3)N4)c3ccccc23)cc1. The summed E-state index contributed by atoms with van der Waals surface area (Å²) in [5.41, 5.74) is 4.00. The van der Waals surface area contributed by atoms with E-state index in [0.29, 0.717) is 18.5 Å². The van der Waals surface area contributed by atoms with Crippen LogP contribution in [0.25, 0.3) is 21.9 Å². The zero-order chi connectivity index (χ0) is 19.1. The molecule has 6 rings (SSSR count). The van der Waals surface area contributed by atoms with Gasteiger partial charge in [-0.05, 0) is 39.9 Å². The number of rotatable bonds is 3. The van der Waals surface area contributed by atoms with Gasteiger partial charge in [0.05, 0.1) is 12.5 Å². The van der Waals surface area contributed by atoms with Gasteiger partial charge in [0, 0.05) is 30.7 Å². The highest BCUT2D eigenvalue weighted by Crippen LogP contribution is 2.32. The number of fused-ring (bicyclic) bond motifs is 3. The quantitative estimate of drug-likeness (QED) is 0.767. The first-order chi connectivity index (χ1) is 13.7. The molecule has 3 fully saturated rings. The molecule has 3 aliphatic heterocycles. The Balaban J connectivity index is 1.54. The Morgan fingerprint density at radius 3 is 2.36 bits per heavy atom. The van der Waals surface area contributed by atoms with E-state index in [4.69, 9.17) is 5.26 Å². The molecule has 0 aromatic heterocycles. The van der Waals surface area contributed by atoms with Crippen molar-refractivity contribution < 1.29 is 4.79 Å². The maximum absolute atomic E-state index is 13.2. The summed E-state index contributed by atoms with van der Waals surface area (Å²) in [6, 6.07) is 23.4. The lowest BCUT2D eigenvalue weighted by Gasteiger charge is -2.48. The van der Waals surface area contributed by atoms with Gasteiger partial charge in [-0.15, -0.1) is 0 Å². The van der Waals surface area contributed by atoms with Crippen LogP contribution < -0.4 is 5.32 Å². The Kier molecular flexibility index (Phi) is 4.11. The fourth-order valence-corrected chi connectivity index (χ4v) is 4.48. The summed E-state index contributed by atoms with van der Waals surface area (Å²) < 4.78 is 0. The van der Waals surface area contributed by atoms with Crippen LogP contribution in [-0.4, -0.2) is 36.0 Å². The van der Waals surface area contributed by atoms with E-state index in [-0.39, 0.29) is 5.91 Å². The normalized spacial score (nSPS) is 20.5. The van der Waals surface area contributed by atoms with Crippen LogP contribution in [-0.2, 0) is 6.42 Å². The van der Waals surface area contributed by atoms with Crippen LogP contribution in [0.1, 0.15) is 22.3 Å². The van der Waals surface area contributed by atoms with Gasteiger partial charge in [-0.1, -0.05) is 54.6 Å². The van der Waals surface area contributed by atoms with Crippen molar-refractivity contribution in [1.29, 1.82) is 5.26 Å². The number of carbonyl (C=O) groups excluding carboxylic acids is 1. The highest BCUT2D eigenvalue weighted by atomic mass is 16.2. The lowest BCUT2D eigenvalue weighted by Crippen LogP contribution is -2.67. The molecule has 3 aromatic carbocycles. The molecule has 28 heavy (non-hydrogen) atoms. The molecule has 4 nitrogen and oxygen atoms in total. The van der Waals surface area contributed by atoms with Gasteiger partial charge < -0.3 is 10.2 Å². The summed E-state index contributed by atoms with van der Waals surface area (Å²) in [5.74, 6) is 0.128. The molecule has 4 heteroatoms. The van der Waals surface area contributed by atoms with Gasteiger partial charge in [0.1, 0.15) is 0 Å². The topological polar surface area (TPSA) is 56.1 Å². The molecule has 3 aromatic rings. The lowest BCUT2D eigenvalue weighted by atomic mass is 9.90. The van der Waals surface area contributed by atoms with Crippen molar-refractivity contribution in [3.8, 4) is 17.2 Å². The predicted octanol–water partition coefficient (Wildman–Crippen LogP) is 3.76. The van der Waals surface area contributed by atoms with Gasteiger partial charge in [-0.2, -0.15) is 5.26 Å². The molecule has 3 heterocycles. The summed E-state index contributed by atoms with van der Waals surface area (Å²) in [6.45, 7) is 1.59. The smallest absolute Gasteiger partial charge is 0.254 e. The van der Waals surface area contributed by atoms with E-state index in [0.717, 1.165) is 46.1 Å². The minimum atomic E-state index is 0.128. The van der Waals surface area contributed by atoms with Crippen LogP contribution in [0.2, 0.25) is 0 Å². The van der Waals surface area contributed by atoms with Gasteiger partial charge in [-0.25, -0.2) is 0 Å². The minimum Gasteiger partial charge on any atom is -0.336 e. The molecular weight excluding hydrogens is 346 g/mol. The monoisotopic (exact) mass is 367 g/mol. The van der Waals surface area contributed by atoms with Crippen LogP contribution in [0, 0.1) is 11.3 Å². The number of piperazine rings is 1. The number of amides is 1. The second kappa shape index (κ2) is 6.78. The van der Waals surface area contributed by atoms with E-state index in [2.05, 4.69) is 35.7 Å². The molecule has 2 atom stereocenters. The van der Waals surface area contributed by atoms with Crippen molar-refractivity contribution in [2.45, 2.75) is 24.9 Å². The van der Waals surface area contributed by atoms with E-state index < -0.39 is 0 Å². The molecule has 0 radical (unpaired) electrons. The number of nitrogens with zero attached hydrogens (tertiary/aromatic N) is 2. The third-order valence-electron chi connectivity index (χ3n) is 5.91. The molecule has 0 aliphatic carbocycles. The van der Waals surface area contributed by atoms with Gasteiger partial charge in [0.15, 0.2) is 0 Å². The first-order valence-electron chi connectivity index (χ1n) is 9.76. The van der Waals surface area contributed by atoms with Gasteiger partial charge in [0.2, 0.25) is 0 Å². The Bertz CT molecular complexity index is 1080. The number of piperidine rings is 1. The number of nitrogens with one attached hydrogen (secondary N) is 1. The summed E-state index contributed by atoms with van der Waals surface area (Å²) in [7, 11) is 0. The molecular formula is C24H21N3O. The predicted molar refractivity (Wildman–Crippen MR) is 110 cm³/mol. The maximum Gasteiger partial charge on any atom is 0.254 e. The molecule has 3 aliphatic rings. The molecule has 138 valence electrons. The van der Waals surface area contributed by atoms with Gasteiger partial charge >= 0.3 is 0 Å². The second-order valence-corrected chi connectivity index (χ2v) is 7.74. The minimum absolute atomic E-state index is 0.128. The largest absolute Gasteiger partial charge is 0.336 e. The van der Waals surface area contributed by atoms with Crippen LogP contribution in [0.5, 0.6) is 0 Å². The Morgan fingerprint density at radius 2 is 1.68 bits per heavy atom. The molecule has 2 bridgehead atoms. The Hall–Kier alpha value is -3.16. The summed E-state index contributed by atoms with van der Waals surface area (Å²) in [6.07, 6.45) is 1.60. The van der Waals surface area contributed by atoms with Gasteiger partial charge in [-0.3, -0.25) is 4.79 Å². The van der Waals surface area contributed by atoms with Crippen molar-refractivity contribution in [2.24, 2.45) is 0 Å². The molecule has 1 N–H and O–H groups in total. The Labute approximate surface area is 164 Å². The summed E-state index contributed by atoms with van der Waals surface area (Å²) in [4.78, 5) is 15.2. The zero-order valence-corrected chi connectivity index (χ0v) is 15.6. The van der Waals surface area contributed by atoms with E-state index in [9.17, 15) is 4.79 Å². The van der Waals surface area contributed by atoms with Crippen molar-refractivity contribution in [3.63, 3.8) is 0 Å². The first-order valence-corrected chi connectivity index (χ1v) is 9.76. The molecule has 0 spiro atoms. The lowest BCUT2D eigenvalue weighted by molar-refractivity contribution is 0.0475. The second-order valence-electron chi connectivity index (χ2n) is 7.74. The fraction of sp³-hybridized carbons (Fsp3) is 0.250. The third-order valence-corrected chi connectivity index (χ3v) is 5.91. The molecule has 3 saturated heterocycles. The van der Waals surface area contributed by atoms with E-state index in [1.807, 2.05) is 41.3 Å². The van der Waals surface area contributed by atoms with Crippen molar-refractivity contribution >= 4 is 16.7 Å². The number of hydrogen-bond donors (Lipinski definition) is 1. The van der Waals surface area contributed by atoms with Crippen LogP contribution in [0.4, 0.5) is 0 Å². The fourth-order valence-electron chi connectivity index (χ4n) is 4.48.